The molecule has 2 aromatic carbocycles. The molecule has 23 heavy (non-hydrogen) atoms. The summed E-state index contributed by atoms with van der Waals surface area (Å²) in [7, 11) is 0. The van der Waals surface area contributed by atoms with E-state index in [9.17, 15) is 0 Å². The summed E-state index contributed by atoms with van der Waals surface area (Å²) >= 11 is 9.54. The van der Waals surface area contributed by atoms with E-state index in [-0.39, 0.29) is 0 Å². The van der Waals surface area contributed by atoms with Crippen molar-refractivity contribution < 1.29 is 0 Å². The van der Waals surface area contributed by atoms with Gasteiger partial charge in [-0.25, -0.2) is 9.97 Å². The van der Waals surface area contributed by atoms with Gasteiger partial charge in [0.2, 0.25) is 0 Å². The van der Waals surface area contributed by atoms with Crippen LogP contribution in [0.15, 0.2) is 59.3 Å². The predicted molar refractivity (Wildman–Crippen MR) is 98.6 cm³/mol. The van der Waals surface area contributed by atoms with E-state index in [1.54, 1.807) is 6.07 Å². The first-order valence-corrected chi connectivity index (χ1v) is 7.95. The highest BCUT2D eigenvalue weighted by atomic mass is 79.9. The van der Waals surface area contributed by atoms with Crippen LogP contribution in [-0.2, 0) is 0 Å². The zero-order valence-corrected chi connectivity index (χ0v) is 14.3. The zero-order valence-electron chi connectivity index (χ0n) is 11.9. The highest BCUT2D eigenvalue weighted by Crippen LogP contribution is 2.30. The first-order valence-electron chi connectivity index (χ1n) is 6.78. The number of hydrogen-bond donors (Lipinski definition) is 3. The van der Waals surface area contributed by atoms with E-state index in [1.807, 2.05) is 42.5 Å². The van der Waals surface area contributed by atoms with Gasteiger partial charge in [0.15, 0.2) is 11.6 Å². The lowest BCUT2D eigenvalue weighted by Crippen LogP contribution is -2.05. The van der Waals surface area contributed by atoms with E-state index < -0.39 is 0 Å². The molecule has 0 aliphatic heterocycles. The smallest absolute Gasteiger partial charge is 0.159 e. The summed E-state index contributed by atoms with van der Waals surface area (Å²) in [5, 5.41) is 6.88. The molecule has 0 bridgehead atoms. The van der Waals surface area contributed by atoms with Gasteiger partial charge in [-0.1, -0.05) is 39.7 Å². The zero-order chi connectivity index (χ0) is 16.2. The molecule has 7 heteroatoms. The number of nitrogens with one attached hydrogen (secondary N) is 2. The molecule has 0 unspecified atom stereocenters. The van der Waals surface area contributed by atoms with Crippen LogP contribution in [-0.4, -0.2) is 9.97 Å². The SMILES string of the molecule is Nc1c(Nc2ccc(Br)cc2)ncnc1Nc1ccccc1Cl. The highest BCUT2D eigenvalue weighted by molar-refractivity contribution is 9.10. The van der Waals surface area contributed by atoms with Crippen molar-refractivity contribution in [3.63, 3.8) is 0 Å². The summed E-state index contributed by atoms with van der Waals surface area (Å²) in [6.07, 6.45) is 1.44. The van der Waals surface area contributed by atoms with Crippen LogP contribution >= 0.6 is 27.5 Å². The molecule has 3 rings (SSSR count). The molecular weight excluding hydrogens is 378 g/mol. The fourth-order valence-corrected chi connectivity index (χ4v) is 2.40. The van der Waals surface area contributed by atoms with Crippen LogP contribution in [0.4, 0.5) is 28.7 Å². The van der Waals surface area contributed by atoms with Crippen molar-refractivity contribution in [3.8, 4) is 0 Å². The summed E-state index contributed by atoms with van der Waals surface area (Å²) in [4.78, 5) is 8.37. The summed E-state index contributed by atoms with van der Waals surface area (Å²) in [6, 6.07) is 15.1. The molecule has 0 aliphatic rings. The van der Waals surface area contributed by atoms with E-state index in [0.29, 0.717) is 22.3 Å². The number of nitrogen functional groups attached to an aromatic ring is 1. The number of aromatic nitrogens is 2. The minimum atomic E-state index is 0.412. The largest absolute Gasteiger partial charge is 0.393 e. The van der Waals surface area contributed by atoms with Gasteiger partial charge in [0.05, 0.1) is 10.7 Å². The second-order valence-electron chi connectivity index (χ2n) is 4.72. The maximum absolute atomic E-state index is 6.16. The maximum Gasteiger partial charge on any atom is 0.159 e. The van der Waals surface area contributed by atoms with E-state index in [2.05, 4.69) is 36.5 Å². The molecule has 0 aliphatic carbocycles. The summed E-state index contributed by atoms with van der Waals surface area (Å²) < 4.78 is 1.000. The number of benzene rings is 2. The van der Waals surface area contributed by atoms with Gasteiger partial charge in [0.1, 0.15) is 12.0 Å². The van der Waals surface area contributed by atoms with Crippen molar-refractivity contribution in [2.24, 2.45) is 0 Å². The molecule has 3 aromatic rings. The second kappa shape index (κ2) is 6.85. The number of halogens is 2. The molecular formula is C16H13BrClN5. The number of nitrogens with zero attached hydrogens (tertiary/aromatic N) is 2. The molecule has 0 fully saturated rings. The Kier molecular flexibility index (Phi) is 4.64. The Hall–Kier alpha value is -2.31. The molecule has 0 saturated carbocycles. The van der Waals surface area contributed by atoms with Crippen molar-refractivity contribution in [1.29, 1.82) is 0 Å². The van der Waals surface area contributed by atoms with Gasteiger partial charge in [-0.2, -0.15) is 0 Å². The van der Waals surface area contributed by atoms with Crippen LogP contribution in [0.25, 0.3) is 0 Å². The number of hydrogen-bond acceptors (Lipinski definition) is 5. The fraction of sp³-hybridized carbons (Fsp3) is 0. The minimum absolute atomic E-state index is 0.412. The monoisotopic (exact) mass is 389 g/mol. The van der Waals surface area contributed by atoms with Crippen LogP contribution in [0.3, 0.4) is 0 Å². The Balaban J connectivity index is 1.86. The first-order chi connectivity index (χ1) is 11.1. The molecule has 0 atom stereocenters. The number of para-hydroxylation sites is 1. The number of nitrogens with two attached hydrogens (primary N) is 1. The minimum Gasteiger partial charge on any atom is -0.393 e. The third-order valence-electron chi connectivity index (χ3n) is 3.12. The maximum atomic E-state index is 6.16. The molecule has 116 valence electrons. The third-order valence-corrected chi connectivity index (χ3v) is 3.98. The average Bonchev–Trinajstić information content (AvgIpc) is 2.55. The number of rotatable bonds is 4. The molecule has 0 saturated heterocycles. The molecule has 0 spiro atoms. The summed E-state index contributed by atoms with van der Waals surface area (Å²) in [5.41, 5.74) is 8.18. The van der Waals surface area contributed by atoms with E-state index in [0.717, 1.165) is 15.8 Å². The van der Waals surface area contributed by atoms with Gasteiger partial charge >= 0.3 is 0 Å². The van der Waals surface area contributed by atoms with Gasteiger partial charge in [0.25, 0.3) is 0 Å². The molecule has 0 amide bonds. The standard InChI is InChI=1S/C16H13BrClN5/c17-10-5-7-11(8-6-10)22-15-14(19)16(21-9-20-15)23-13-4-2-1-3-12(13)18/h1-9H,19H2,(H2,20,21,22,23). The van der Waals surface area contributed by atoms with Crippen LogP contribution in [0.2, 0.25) is 5.02 Å². The van der Waals surface area contributed by atoms with Crippen molar-refractivity contribution >= 4 is 56.2 Å². The van der Waals surface area contributed by atoms with Gasteiger partial charge in [0, 0.05) is 10.2 Å². The van der Waals surface area contributed by atoms with Crippen LogP contribution in [0.1, 0.15) is 0 Å². The molecule has 4 N–H and O–H groups in total. The van der Waals surface area contributed by atoms with Crippen molar-refractivity contribution in [2.45, 2.75) is 0 Å². The van der Waals surface area contributed by atoms with E-state index >= 15 is 0 Å². The van der Waals surface area contributed by atoms with Gasteiger partial charge in [-0.15, -0.1) is 0 Å². The van der Waals surface area contributed by atoms with Gasteiger partial charge < -0.3 is 16.4 Å². The summed E-state index contributed by atoms with van der Waals surface area (Å²) in [6.45, 7) is 0. The topological polar surface area (TPSA) is 75.9 Å². The Bertz CT molecular complexity index is 823. The lowest BCUT2D eigenvalue weighted by molar-refractivity contribution is 1.17. The van der Waals surface area contributed by atoms with Crippen molar-refractivity contribution in [2.75, 3.05) is 16.4 Å². The fourth-order valence-electron chi connectivity index (χ4n) is 1.95. The molecule has 5 nitrogen and oxygen atoms in total. The summed E-state index contributed by atoms with van der Waals surface area (Å²) in [5.74, 6) is 1.02. The van der Waals surface area contributed by atoms with Crippen LogP contribution in [0.5, 0.6) is 0 Å². The number of anilines is 5. The lowest BCUT2D eigenvalue weighted by atomic mass is 10.3. The molecule has 1 heterocycles. The predicted octanol–water partition coefficient (Wildman–Crippen LogP) is 4.96. The Labute approximate surface area is 147 Å². The van der Waals surface area contributed by atoms with Crippen molar-refractivity contribution in [1.82, 2.24) is 9.97 Å². The van der Waals surface area contributed by atoms with Crippen molar-refractivity contribution in [3.05, 3.63) is 64.4 Å². The molecule has 1 aromatic heterocycles. The normalized spacial score (nSPS) is 10.3. The van der Waals surface area contributed by atoms with Crippen LogP contribution in [0, 0.1) is 0 Å². The van der Waals surface area contributed by atoms with E-state index in [1.165, 1.54) is 6.33 Å². The molecule has 0 radical (unpaired) electrons. The Morgan fingerprint density at radius 3 is 2.26 bits per heavy atom. The average molecular weight is 391 g/mol. The lowest BCUT2D eigenvalue weighted by Gasteiger charge is -2.13. The van der Waals surface area contributed by atoms with E-state index in [4.69, 9.17) is 17.3 Å². The second-order valence-corrected chi connectivity index (χ2v) is 6.04. The van der Waals surface area contributed by atoms with Crippen LogP contribution < -0.4 is 16.4 Å². The Morgan fingerprint density at radius 1 is 0.913 bits per heavy atom. The third kappa shape index (κ3) is 3.72. The van der Waals surface area contributed by atoms with Gasteiger partial charge in [-0.05, 0) is 36.4 Å². The Morgan fingerprint density at radius 2 is 1.57 bits per heavy atom. The quantitative estimate of drug-likeness (QED) is 0.587. The van der Waals surface area contributed by atoms with Gasteiger partial charge in [-0.3, -0.25) is 0 Å². The highest BCUT2D eigenvalue weighted by Gasteiger charge is 2.10. The first kappa shape index (κ1) is 15.6.